The van der Waals surface area contributed by atoms with E-state index >= 15 is 0 Å². The van der Waals surface area contributed by atoms with Gasteiger partial charge in [0.1, 0.15) is 6.61 Å². The van der Waals surface area contributed by atoms with Gasteiger partial charge in [-0.2, -0.15) is 0 Å². The second-order valence-electron chi connectivity index (χ2n) is 5.06. The lowest BCUT2D eigenvalue weighted by atomic mass is 10.2. The van der Waals surface area contributed by atoms with E-state index < -0.39 is 0 Å². The zero-order valence-corrected chi connectivity index (χ0v) is 12.5. The lowest BCUT2D eigenvalue weighted by Crippen LogP contribution is -2.35. The summed E-state index contributed by atoms with van der Waals surface area (Å²) < 4.78 is 10.4. The van der Waals surface area contributed by atoms with E-state index in [4.69, 9.17) is 9.47 Å². The number of carbonyl (C=O) groups is 2. The van der Waals surface area contributed by atoms with E-state index in [1.165, 1.54) is 11.3 Å². The molecule has 1 unspecified atom stereocenters. The maximum atomic E-state index is 12.1. The molecule has 2 amide bonds. The zero-order chi connectivity index (χ0) is 14.7. The summed E-state index contributed by atoms with van der Waals surface area (Å²) in [6.07, 6.45) is 1.95. The molecule has 0 saturated carbocycles. The molecule has 0 spiro atoms. The number of nitrogens with zero attached hydrogens (tertiary/aromatic N) is 1. The lowest BCUT2D eigenvalue weighted by Gasteiger charge is -2.12. The van der Waals surface area contributed by atoms with Crippen LogP contribution in [0, 0.1) is 0 Å². The Labute approximate surface area is 127 Å². The molecule has 1 atom stereocenters. The van der Waals surface area contributed by atoms with E-state index in [0.29, 0.717) is 31.1 Å². The third kappa shape index (κ3) is 3.36. The Morgan fingerprint density at radius 2 is 2.33 bits per heavy atom. The van der Waals surface area contributed by atoms with Crippen LogP contribution < -0.4 is 5.32 Å². The fourth-order valence-electron chi connectivity index (χ4n) is 2.47. The average molecular weight is 310 g/mol. The molecule has 21 heavy (non-hydrogen) atoms. The Morgan fingerprint density at radius 1 is 1.43 bits per heavy atom. The minimum atomic E-state index is -0.305. The minimum Gasteiger partial charge on any atom is -0.448 e. The quantitative estimate of drug-likeness (QED) is 0.900. The fraction of sp³-hybridized carbons (Fsp3) is 0.571. The van der Waals surface area contributed by atoms with Gasteiger partial charge in [-0.05, 0) is 25.0 Å². The number of nitrogens with one attached hydrogen (secondary N) is 1. The van der Waals surface area contributed by atoms with Gasteiger partial charge in [-0.3, -0.25) is 4.79 Å². The molecule has 0 radical (unpaired) electrons. The predicted molar refractivity (Wildman–Crippen MR) is 77.5 cm³/mol. The van der Waals surface area contributed by atoms with E-state index in [9.17, 15) is 9.59 Å². The molecule has 114 valence electrons. The van der Waals surface area contributed by atoms with Gasteiger partial charge in [0.15, 0.2) is 0 Å². The molecule has 3 rings (SSSR count). The maximum absolute atomic E-state index is 12.1. The average Bonchev–Trinajstić information content (AvgIpc) is 3.19. The zero-order valence-electron chi connectivity index (χ0n) is 11.7. The first-order valence-electron chi connectivity index (χ1n) is 7.15. The molecule has 2 saturated heterocycles. The van der Waals surface area contributed by atoms with Crippen LogP contribution in [0.1, 0.15) is 33.5 Å². The first-order valence-corrected chi connectivity index (χ1v) is 7.97. The number of rotatable bonds is 5. The van der Waals surface area contributed by atoms with Gasteiger partial charge in [0.25, 0.3) is 5.91 Å². The minimum absolute atomic E-state index is 0.100. The Hall–Kier alpha value is -1.60. The van der Waals surface area contributed by atoms with Crippen molar-refractivity contribution < 1.29 is 19.1 Å². The fourth-order valence-corrected chi connectivity index (χ4v) is 3.48. The van der Waals surface area contributed by atoms with Crippen LogP contribution in [-0.4, -0.2) is 49.7 Å². The summed E-state index contributed by atoms with van der Waals surface area (Å²) in [4.78, 5) is 26.7. The van der Waals surface area contributed by atoms with Crippen LogP contribution in [0.15, 0.2) is 12.1 Å². The molecule has 2 aliphatic heterocycles. The number of ether oxygens (including phenoxy) is 2. The Bertz CT molecular complexity index is 525. The van der Waals surface area contributed by atoms with Crippen molar-refractivity contribution in [2.75, 3.05) is 32.8 Å². The molecule has 7 heteroatoms. The smallest absolute Gasteiger partial charge is 0.409 e. The first kappa shape index (κ1) is 14.3. The molecule has 0 aromatic carbocycles. The number of cyclic esters (lactones) is 1. The van der Waals surface area contributed by atoms with Gasteiger partial charge < -0.3 is 19.7 Å². The second kappa shape index (κ2) is 6.44. The molecule has 1 N–H and O–H groups in total. The van der Waals surface area contributed by atoms with Crippen molar-refractivity contribution in [2.24, 2.45) is 0 Å². The second-order valence-corrected chi connectivity index (χ2v) is 6.18. The van der Waals surface area contributed by atoms with Crippen molar-refractivity contribution in [3.63, 3.8) is 0 Å². The molecule has 1 aromatic heterocycles. The van der Waals surface area contributed by atoms with Gasteiger partial charge in [-0.1, -0.05) is 0 Å². The lowest BCUT2D eigenvalue weighted by molar-refractivity contribution is 0.0953. The maximum Gasteiger partial charge on any atom is 0.409 e. The van der Waals surface area contributed by atoms with Crippen molar-refractivity contribution in [1.82, 2.24) is 10.2 Å². The molecule has 6 nitrogen and oxygen atoms in total. The Morgan fingerprint density at radius 3 is 3.05 bits per heavy atom. The third-order valence-corrected chi connectivity index (χ3v) is 4.79. The van der Waals surface area contributed by atoms with Crippen molar-refractivity contribution >= 4 is 23.3 Å². The van der Waals surface area contributed by atoms with Gasteiger partial charge in [-0.15, -0.1) is 11.3 Å². The molecule has 1 aromatic rings. The summed E-state index contributed by atoms with van der Waals surface area (Å²) in [5.74, 6) is -0.100. The summed E-state index contributed by atoms with van der Waals surface area (Å²) in [5, 5.41) is 2.83. The standard InChI is InChI=1S/C14H18N2O4S/c17-13(15-5-6-16-7-9-20-14(16)18)12-4-3-11(21-12)10-2-1-8-19-10/h3-4,10H,1-2,5-9H2,(H,15,17). The highest BCUT2D eigenvalue weighted by Gasteiger charge is 2.22. The highest BCUT2D eigenvalue weighted by atomic mass is 32.1. The molecule has 0 aliphatic carbocycles. The van der Waals surface area contributed by atoms with Gasteiger partial charge in [0.2, 0.25) is 0 Å². The van der Waals surface area contributed by atoms with Crippen molar-refractivity contribution in [2.45, 2.75) is 18.9 Å². The van der Waals surface area contributed by atoms with E-state index in [1.807, 2.05) is 12.1 Å². The van der Waals surface area contributed by atoms with Crippen LogP contribution in [0.2, 0.25) is 0 Å². The molecule has 3 heterocycles. The predicted octanol–water partition coefficient (Wildman–Crippen LogP) is 1.78. The summed E-state index contributed by atoms with van der Waals surface area (Å²) in [7, 11) is 0. The van der Waals surface area contributed by atoms with Gasteiger partial charge >= 0.3 is 6.09 Å². The van der Waals surface area contributed by atoms with Crippen molar-refractivity contribution in [3.8, 4) is 0 Å². The largest absolute Gasteiger partial charge is 0.448 e. The molecular weight excluding hydrogens is 292 g/mol. The molecular formula is C14H18N2O4S. The normalized spacial score (nSPS) is 21.6. The molecule has 2 fully saturated rings. The summed E-state index contributed by atoms with van der Waals surface area (Å²) in [6.45, 7) is 2.74. The van der Waals surface area contributed by atoms with Gasteiger partial charge in [0, 0.05) is 24.6 Å². The van der Waals surface area contributed by atoms with Crippen LogP contribution in [-0.2, 0) is 9.47 Å². The van der Waals surface area contributed by atoms with Crippen LogP contribution in [0.25, 0.3) is 0 Å². The van der Waals surface area contributed by atoms with E-state index in [1.54, 1.807) is 4.90 Å². The molecule has 2 aliphatic rings. The summed E-state index contributed by atoms with van der Waals surface area (Å²) in [6, 6.07) is 3.80. The number of amides is 2. The first-order chi connectivity index (χ1) is 10.2. The Balaban J connectivity index is 1.47. The number of hydrogen-bond acceptors (Lipinski definition) is 5. The van der Waals surface area contributed by atoms with Crippen molar-refractivity contribution in [3.05, 3.63) is 21.9 Å². The highest BCUT2D eigenvalue weighted by Crippen LogP contribution is 2.33. The Kier molecular flexibility index (Phi) is 4.40. The van der Waals surface area contributed by atoms with Crippen LogP contribution >= 0.6 is 11.3 Å². The summed E-state index contributed by atoms with van der Waals surface area (Å²) in [5.41, 5.74) is 0. The number of hydrogen-bond donors (Lipinski definition) is 1. The molecule has 0 bridgehead atoms. The SMILES string of the molecule is O=C(NCCN1CCOC1=O)c1ccc(C2CCCO2)s1. The monoisotopic (exact) mass is 310 g/mol. The van der Waals surface area contributed by atoms with E-state index in [2.05, 4.69) is 5.32 Å². The van der Waals surface area contributed by atoms with E-state index in [-0.39, 0.29) is 18.1 Å². The van der Waals surface area contributed by atoms with E-state index in [0.717, 1.165) is 24.3 Å². The highest BCUT2D eigenvalue weighted by molar-refractivity contribution is 7.14. The van der Waals surface area contributed by atoms with Crippen LogP contribution in [0.4, 0.5) is 4.79 Å². The topological polar surface area (TPSA) is 67.9 Å². The van der Waals surface area contributed by atoms with Crippen LogP contribution in [0.3, 0.4) is 0 Å². The number of thiophene rings is 1. The number of carbonyl (C=O) groups excluding carboxylic acids is 2. The summed E-state index contributed by atoms with van der Waals surface area (Å²) >= 11 is 1.48. The van der Waals surface area contributed by atoms with Gasteiger partial charge in [0.05, 0.1) is 17.5 Å². The van der Waals surface area contributed by atoms with Crippen molar-refractivity contribution in [1.29, 1.82) is 0 Å². The van der Waals surface area contributed by atoms with Gasteiger partial charge in [-0.25, -0.2) is 4.79 Å². The van der Waals surface area contributed by atoms with Crippen LogP contribution in [0.5, 0.6) is 0 Å². The third-order valence-electron chi connectivity index (χ3n) is 3.61.